The fraction of sp³-hybridized carbons (Fsp3) is 0.417. The molecule has 0 spiro atoms. The summed E-state index contributed by atoms with van der Waals surface area (Å²) in [5.74, 6) is 0.199. The van der Waals surface area contributed by atoms with Crippen LogP contribution in [0.15, 0.2) is 18.2 Å². The number of carbonyl (C=O) groups excluding carboxylic acids is 1. The van der Waals surface area contributed by atoms with Gasteiger partial charge in [0.05, 0.1) is 0 Å². The largest absolute Gasteiger partial charge is 0.396 e. The minimum atomic E-state index is 0.0799. The molecule has 0 saturated carbocycles. The van der Waals surface area contributed by atoms with Crippen LogP contribution in [0.2, 0.25) is 0 Å². The molecule has 1 aliphatic heterocycles. The SMILES string of the molecule is CC(CO)c1ccc2c(c1)NC(=O)CC2. The van der Waals surface area contributed by atoms with Crippen LogP contribution in [0.4, 0.5) is 5.69 Å². The molecule has 0 fully saturated rings. The molecule has 3 nitrogen and oxygen atoms in total. The summed E-state index contributed by atoms with van der Waals surface area (Å²) in [6, 6.07) is 6.03. The Morgan fingerprint density at radius 2 is 2.27 bits per heavy atom. The average Bonchev–Trinajstić information content (AvgIpc) is 2.27. The van der Waals surface area contributed by atoms with Gasteiger partial charge in [0.2, 0.25) is 5.91 Å². The van der Waals surface area contributed by atoms with E-state index in [4.69, 9.17) is 5.11 Å². The number of benzene rings is 1. The van der Waals surface area contributed by atoms with Gasteiger partial charge in [-0.1, -0.05) is 19.1 Å². The van der Waals surface area contributed by atoms with Gasteiger partial charge in [0.1, 0.15) is 0 Å². The van der Waals surface area contributed by atoms with E-state index in [0.717, 1.165) is 17.7 Å². The summed E-state index contributed by atoms with van der Waals surface area (Å²) >= 11 is 0. The third kappa shape index (κ3) is 2.02. The van der Waals surface area contributed by atoms with Crippen molar-refractivity contribution in [2.24, 2.45) is 0 Å². The Morgan fingerprint density at radius 3 is 3.00 bits per heavy atom. The standard InChI is InChI=1S/C12H15NO2/c1-8(7-14)10-3-2-9-4-5-12(15)13-11(9)6-10/h2-3,6,8,14H,4-5,7H2,1H3,(H,13,15). The summed E-state index contributed by atoms with van der Waals surface area (Å²) in [5, 5.41) is 11.9. The van der Waals surface area contributed by atoms with Crippen LogP contribution in [0.25, 0.3) is 0 Å². The molecule has 15 heavy (non-hydrogen) atoms. The highest BCUT2D eigenvalue weighted by Gasteiger charge is 2.15. The third-order valence-corrected chi connectivity index (χ3v) is 2.87. The average molecular weight is 205 g/mol. The molecule has 1 amide bonds. The molecule has 1 aromatic carbocycles. The molecule has 1 aliphatic rings. The number of nitrogens with one attached hydrogen (secondary N) is 1. The lowest BCUT2D eigenvalue weighted by atomic mass is 9.96. The van der Waals surface area contributed by atoms with Gasteiger partial charge in [0, 0.05) is 24.6 Å². The molecule has 0 aromatic heterocycles. The number of aryl methyl sites for hydroxylation is 1. The number of hydrogen-bond acceptors (Lipinski definition) is 2. The predicted molar refractivity (Wildman–Crippen MR) is 58.9 cm³/mol. The van der Waals surface area contributed by atoms with Crippen LogP contribution in [0.3, 0.4) is 0 Å². The Balaban J connectivity index is 2.32. The molecule has 0 bridgehead atoms. The lowest BCUT2D eigenvalue weighted by Crippen LogP contribution is -2.19. The fourth-order valence-electron chi connectivity index (χ4n) is 1.80. The van der Waals surface area contributed by atoms with E-state index in [1.165, 1.54) is 5.56 Å². The quantitative estimate of drug-likeness (QED) is 0.771. The predicted octanol–water partition coefficient (Wildman–Crippen LogP) is 1.67. The van der Waals surface area contributed by atoms with Crippen molar-refractivity contribution < 1.29 is 9.90 Å². The monoisotopic (exact) mass is 205 g/mol. The Hall–Kier alpha value is -1.35. The summed E-state index contributed by atoms with van der Waals surface area (Å²) in [5.41, 5.74) is 3.16. The Labute approximate surface area is 89.1 Å². The maximum atomic E-state index is 11.2. The van der Waals surface area contributed by atoms with Crippen molar-refractivity contribution in [2.45, 2.75) is 25.7 Å². The van der Waals surface area contributed by atoms with E-state index in [1.807, 2.05) is 25.1 Å². The molecular weight excluding hydrogens is 190 g/mol. The number of anilines is 1. The maximum Gasteiger partial charge on any atom is 0.224 e. The summed E-state index contributed by atoms with van der Waals surface area (Å²) in [6.45, 7) is 2.10. The molecule has 1 heterocycles. The topological polar surface area (TPSA) is 49.3 Å². The first-order valence-electron chi connectivity index (χ1n) is 5.24. The summed E-state index contributed by atoms with van der Waals surface area (Å²) in [4.78, 5) is 11.2. The van der Waals surface area contributed by atoms with Crippen molar-refractivity contribution in [2.75, 3.05) is 11.9 Å². The van der Waals surface area contributed by atoms with Gasteiger partial charge >= 0.3 is 0 Å². The van der Waals surface area contributed by atoms with E-state index in [0.29, 0.717) is 6.42 Å². The second-order valence-electron chi connectivity index (χ2n) is 4.05. The zero-order valence-electron chi connectivity index (χ0n) is 8.79. The first kappa shape index (κ1) is 10.2. The highest BCUT2D eigenvalue weighted by Crippen LogP contribution is 2.26. The van der Waals surface area contributed by atoms with Crippen molar-refractivity contribution in [3.8, 4) is 0 Å². The number of aliphatic hydroxyl groups excluding tert-OH is 1. The molecule has 1 atom stereocenters. The number of amides is 1. The Morgan fingerprint density at radius 1 is 1.47 bits per heavy atom. The third-order valence-electron chi connectivity index (χ3n) is 2.87. The molecule has 0 saturated heterocycles. The van der Waals surface area contributed by atoms with Crippen molar-refractivity contribution in [1.82, 2.24) is 0 Å². The molecule has 2 N–H and O–H groups in total. The second-order valence-corrected chi connectivity index (χ2v) is 4.05. The molecule has 2 rings (SSSR count). The maximum absolute atomic E-state index is 11.2. The summed E-state index contributed by atoms with van der Waals surface area (Å²) in [7, 11) is 0. The van der Waals surface area contributed by atoms with Crippen LogP contribution in [-0.2, 0) is 11.2 Å². The molecular formula is C12H15NO2. The van der Waals surface area contributed by atoms with Gasteiger partial charge < -0.3 is 10.4 Å². The Bertz CT molecular complexity index is 387. The molecule has 80 valence electrons. The van der Waals surface area contributed by atoms with Gasteiger partial charge in [-0.15, -0.1) is 0 Å². The lowest BCUT2D eigenvalue weighted by molar-refractivity contribution is -0.116. The van der Waals surface area contributed by atoms with Gasteiger partial charge in [-0.2, -0.15) is 0 Å². The van der Waals surface area contributed by atoms with Crippen LogP contribution in [0.5, 0.6) is 0 Å². The zero-order chi connectivity index (χ0) is 10.8. The fourth-order valence-corrected chi connectivity index (χ4v) is 1.80. The van der Waals surface area contributed by atoms with E-state index in [1.54, 1.807) is 0 Å². The van der Waals surface area contributed by atoms with Crippen molar-refractivity contribution in [1.29, 1.82) is 0 Å². The number of rotatable bonds is 2. The molecule has 0 aliphatic carbocycles. The van der Waals surface area contributed by atoms with Crippen LogP contribution >= 0.6 is 0 Å². The number of hydrogen-bond donors (Lipinski definition) is 2. The Kier molecular flexibility index (Phi) is 2.73. The second kappa shape index (κ2) is 4.03. The van der Waals surface area contributed by atoms with Crippen LogP contribution < -0.4 is 5.32 Å². The minimum Gasteiger partial charge on any atom is -0.396 e. The van der Waals surface area contributed by atoms with E-state index in [-0.39, 0.29) is 18.4 Å². The number of carbonyl (C=O) groups is 1. The van der Waals surface area contributed by atoms with Crippen LogP contribution in [0, 0.1) is 0 Å². The molecule has 0 radical (unpaired) electrons. The normalized spacial score (nSPS) is 16.8. The number of aliphatic hydroxyl groups is 1. The van der Waals surface area contributed by atoms with Gasteiger partial charge in [-0.3, -0.25) is 4.79 Å². The summed E-state index contributed by atoms with van der Waals surface area (Å²) in [6.07, 6.45) is 1.39. The van der Waals surface area contributed by atoms with Crippen molar-refractivity contribution in [3.63, 3.8) is 0 Å². The number of fused-ring (bicyclic) bond motifs is 1. The zero-order valence-corrected chi connectivity index (χ0v) is 8.79. The molecule has 1 unspecified atom stereocenters. The summed E-state index contributed by atoms with van der Waals surface area (Å²) < 4.78 is 0. The van der Waals surface area contributed by atoms with Crippen molar-refractivity contribution in [3.05, 3.63) is 29.3 Å². The van der Waals surface area contributed by atoms with E-state index < -0.39 is 0 Å². The highest BCUT2D eigenvalue weighted by atomic mass is 16.3. The van der Waals surface area contributed by atoms with E-state index in [9.17, 15) is 4.79 Å². The van der Waals surface area contributed by atoms with Crippen LogP contribution in [0.1, 0.15) is 30.4 Å². The van der Waals surface area contributed by atoms with Gasteiger partial charge in [0.15, 0.2) is 0 Å². The lowest BCUT2D eigenvalue weighted by Gasteiger charge is -2.19. The van der Waals surface area contributed by atoms with E-state index >= 15 is 0 Å². The van der Waals surface area contributed by atoms with Crippen LogP contribution in [-0.4, -0.2) is 17.6 Å². The smallest absolute Gasteiger partial charge is 0.224 e. The van der Waals surface area contributed by atoms with Gasteiger partial charge in [-0.25, -0.2) is 0 Å². The minimum absolute atomic E-state index is 0.0799. The first-order chi connectivity index (χ1) is 7.20. The van der Waals surface area contributed by atoms with Gasteiger partial charge in [0.25, 0.3) is 0 Å². The molecule has 1 aromatic rings. The van der Waals surface area contributed by atoms with Crippen molar-refractivity contribution >= 4 is 11.6 Å². The first-order valence-corrected chi connectivity index (χ1v) is 5.24. The van der Waals surface area contributed by atoms with E-state index in [2.05, 4.69) is 5.32 Å². The highest BCUT2D eigenvalue weighted by molar-refractivity contribution is 5.93. The molecule has 3 heteroatoms. The van der Waals surface area contributed by atoms with Gasteiger partial charge in [-0.05, 0) is 23.6 Å².